The Labute approximate surface area is 155 Å². The van der Waals surface area contributed by atoms with Crippen LogP contribution in [0.1, 0.15) is 18.4 Å². The van der Waals surface area contributed by atoms with E-state index in [0.717, 1.165) is 5.56 Å². The van der Waals surface area contributed by atoms with Crippen molar-refractivity contribution in [2.24, 2.45) is 0 Å². The van der Waals surface area contributed by atoms with Crippen LogP contribution in [-0.2, 0) is 19.1 Å². The summed E-state index contributed by atoms with van der Waals surface area (Å²) in [6.07, 6.45) is -0.146. The highest BCUT2D eigenvalue weighted by atomic mass is 35.5. The Morgan fingerprint density at radius 3 is 2.52 bits per heavy atom. The van der Waals surface area contributed by atoms with Crippen LogP contribution in [0.25, 0.3) is 0 Å². The average molecular weight is 388 g/mol. The number of benzene rings is 1. The molecule has 0 aromatic heterocycles. The van der Waals surface area contributed by atoms with Crippen molar-refractivity contribution in [2.45, 2.75) is 19.8 Å². The lowest BCUT2D eigenvalue weighted by molar-refractivity contribution is -0.142. The maximum Gasteiger partial charge on any atom is 0.306 e. The summed E-state index contributed by atoms with van der Waals surface area (Å²) in [5.74, 6) is -0.957. The monoisotopic (exact) mass is 387 g/mol. The van der Waals surface area contributed by atoms with Crippen molar-refractivity contribution < 1.29 is 23.9 Å². The third-order valence-electron chi connectivity index (χ3n) is 2.85. The van der Waals surface area contributed by atoms with E-state index in [1.807, 2.05) is 0 Å². The van der Waals surface area contributed by atoms with E-state index in [9.17, 15) is 14.4 Å². The van der Waals surface area contributed by atoms with Gasteiger partial charge in [0.25, 0.3) is 5.91 Å². The van der Waals surface area contributed by atoms with E-state index in [-0.39, 0.29) is 24.6 Å². The smallest absolute Gasteiger partial charge is 0.306 e. The van der Waals surface area contributed by atoms with Crippen LogP contribution in [0.2, 0.25) is 5.02 Å². The molecule has 1 aromatic rings. The Bertz CT molecular complexity index is 669. The normalized spacial score (nSPS) is 9.72. The fourth-order valence-electron chi connectivity index (χ4n) is 1.62. The number of methoxy groups -OCH3 is 1. The number of carbonyl (C=O) groups excluding carboxylic acids is 3. The van der Waals surface area contributed by atoms with Gasteiger partial charge in [0.05, 0.1) is 13.5 Å². The molecular formula is C15H18ClN3O5S. The van der Waals surface area contributed by atoms with E-state index in [1.54, 1.807) is 25.1 Å². The number of nitrogens with one attached hydrogen (secondary N) is 3. The lowest BCUT2D eigenvalue weighted by atomic mass is 10.2. The summed E-state index contributed by atoms with van der Waals surface area (Å²) >= 11 is 10.7. The zero-order valence-electron chi connectivity index (χ0n) is 13.7. The predicted molar refractivity (Wildman–Crippen MR) is 95.0 cm³/mol. The molecule has 25 heavy (non-hydrogen) atoms. The lowest BCUT2D eigenvalue weighted by Gasteiger charge is -2.12. The topological polar surface area (TPSA) is 106 Å². The Hall–Kier alpha value is -2.39. The summed E-state index contributed by atoms with van der Waals surface area (Å²) in [6, 6.07) is 5.02. The number of aryl methyl sites for hydroxylation is 1. The van der Waals surface area contributed by atoms with Gasteiger partial charge in [-0.25, -0.2) is 0 Å². The van der Waals surface area contributed by atoms with Crippen LogP contribution in [0, 0.1) is 6.92 Å². The number of carbonyl (C=O) groups is 3. The predicted octanol–water partition coefficient (Wildman–Crippen LogP) is 1.00. The fourth-order valence-corrected chi connectivity index (χ4v) is 2.01. The molecule has 0 aliphatic heterocycles. The standard InChI is InChI=1S/C15H18ClN3O5S/c1-9-7-10(16)3-4-11(9)24-8-13(21)18-19-15(25)17-12(20)5-6-14(22)23-2/h3-4,7H,5-6,8H2,1-2H3,(H,18,21)(H2,17,19,20,25). The SMILES string of the molecule is COC(=O)CCC(=O)NC(=S)NNC(=O)COc1ccc(Cl)cc1C. The highest BCUT2D eigenvalue weighted by molar-refractivity contribution is 7.80. The average Bonchev–Trinajstić information content (AvgIpc) is 2.57. The minimum Gasteiger partial charge on any atom is -0.483 e. The highest BCUT2D eigenvalue weighted by Gasteiger charge is 2.10. The van der Waals surface area contributed by atoms with Gasteiger partial charge in [-0.1, -0.05) is 11.6 Å². The van der Waals surface area contributed by atoms with Crippen LogP contribution >= 0.6 is 23.8 Å². The van der Waals surface area contributed by atoms with Gasteiger partial charge in [0.1, 0.15) is 5.75 Å². The summed E-state index contributed by atoms with van der Waals surface area (Å²) in [4.78, 5) is 34.1. The van der Waals surface area contributed by atoms with Gasteiger partial charge >= 0.3 is 5.97 Å². The van der Waals surface area contributed by atoms with Crippen molar-refractivity contribution in [1.82, 2.24) is 16.2 Å². The molecule has 0 bridgehead atoms. The second kappa shape index (κ2) is 10.5. The quantitative estimate of drug-likeness (QED) is 0.380. The Balaban J connectivity index is 2.27. The van der Waals surface area contributed by atoms with Crippen LogP contribution in [0.3, 0.4) is 0 Å². The molecule has 0 fully saturated rings. The molecule has 3 N–H and O–H groups in total. The molecule has 0 spiro atoms. The highest BCUT2D eigenvalue weighted by Crippen LogP contribution is 2.21. The summed E-state index contributed by atoms with van der Waals surface area (Å²) in [5, 5.41) is 2.78. The number of halogens is 1. The van der Waals surface area contributed by atoms with E-state index < -0.39 is 17.8 Å². The van der Waals surface area contributed by atoms with Gasteiger partial charge in [-0.2, -0.15) is 0 Å². The van der Waals surface area contributed by atoms with E-state index in [2.05, 4.69) is 20.9 Å². The minimum absolute atomic E-state index is 0.0639. The number of ether oxygens (including phenoxy) is 2. The van der Waals surface area contributed by atoms with Gasteiger partial charge < -0.3 is 14.8 Å². The van der Waals surface area contributed by atoms with Crippen LogP contribution in [0.5, 0.6) is 5.75 Å². The van der Waals surface area contributed by atoms with Gasteiger partial charge in [-0.15, -0.1) is 0 Å². The zero-order chi connectivity index (χ0) is 18.8. The second-order valence-electron chi connectivity index (χ2n) is 4.83. The van der Waals surface area contributed by atoms with E-state index in [4.69, 9.17) is 28.6 Å². The first-order valence-electron chi connectivity index (χ1n) is 7.16. The first-order chi connectivity index (χ1) is 11.8. The van der Waals surface area contributed by atoms with Crippen molar-refractivity contribution in [3.05, 3.63) is 28.8 Å². The summed E-state index contributed by atoms with van der Waals surface area (Å²) < 4.78 is 9.77. The second-order valence-corrected chi connectivity index (χ2v) is 5.67. The molecule has 0 unspecified atom stereocenters. The van der Waals surface area contributed by atoms with Crippen LogP contribution < -0.4 is 20.9 Å². The first kappa shape index (κ1) is 20.7. The van der Waals surface area contributed by atoms with Crippen molar-refractivity contribution >= 4 is 46.7 Å². The van der Waals surface area contributed by atoms with E-state index in [0.29, 0.717) is 10.8 Å². The number of rotatable bonds is 6. The largest absolute Gasteiger partial charge is 0.483 e. The van der Waals surface area contributed by atoms with Crippen molar-refractivity contribution in [3.8, 4) is 5.75 Å². The first-order valence-corrected chi connectivity index (χ1v) is 7.95. The van der Waals surface area contributed by atoms with Gasteiger partial charge in [0.15, 0.2) is 11.7 Å². The molecule has 2 amide bonds. The van der Waals surface area contributed by atoms with Crippen LogP contribution in [0.4, 0.5) is 0 Å². The van der Waals surface area contributed by atoms with Gasteiger partial charge in [-0.05, 0) is 42.9 Å². The Morgan fingerprint density at radius 1 is 1.16 bits per heavy atom. The van der Waals surface area contributed by atoms with Crippen molar-refractivity contribution in [3.63, 3.8) is 0 Å². The molecule has 0 heterocycles. The number of hydrogen-bond donors (Lipinski definition) is 3. The fraction of sp³-hybridized carbons (Fsp3) is 0.333. The molecule has 0 saturated carbocycles. The third kappa shape index (κ3) is 8.32. The molecule has 0 atom stereocenters. The lowest BCUT2D eigenvalue weighted by Crippen LogP contribution is -2.49. The molecule has 1 rings (SSSR count). The molecule has 0 aliphatic rings. The molecule has 10 heteroatoms. The number of esters is 1. The van der Waals surface area contributed by atoms with Crippen LogP contribution in [-0.4, -0.2) is 36.6 Å². The summed E-state index contributed by atoms with van der Waals surface area (Å²) in [7, 11) is 1.23. The van der Waals surface area contributed by atoms with Gasteiger partial charge in [0, 0.05) is 11.4 Å². The molecule has 136 valence electrons. The zero-order valence-corrected chi connectivity index (χ0v) is 15.3. The maximum atomic E-state index is 11.7. The van der Waals surface area contributed by atoms with E-state index in [1.165, 1.54) is 7.11 Å². The number of hydrazine groups is 1. The van der Waals surface area contributed by atoms with Crippen molar-refractivity contribution in [1.29, 1.82) is 0 Å². The number of thiocarbonyl (C=S) groups is 1. The molecule has 0 radical (unpaired) electrons. The summed E-state index contributed by atoms with van der Waals surface area (Å²) in [6.45, 7) is 1.55. The summed E-state index contributed by atoms with van der Waals surface area (Å²) in [5.41, 5.74) is 5.43. The molecule has 0 aliphatic carbocycles. The molecule has 1 aromatic carbocycles. The van der Waals surface area contributed by atoms with Crippen molar-refractivity contribution in [2.75, 3.05) is 13.7 Å². The molecule has 8 nitrogen and oxygen atoms in total. The number of hydrogen-bond acceptors (Lipinski definition) is 6. The minimum atomic E-state index is -0.503. The molecular weight excluding hydrogens is 370 g/mol. The Kier molecular flexibility index (Phi) is 8.65. The Morgan fingerprint density at radius 2 is 1.88 bits per heavy atom. The van der Waals surface area contributed by atoms with Gasteiger partial charge in [0.2, 0.25) is 5.91 Å². The number of amides is 2. The van der Waals surface area contributed by atoms with E-state index >= 15 is 0 Å². The maximum absolute atomic E-state index is 11.7. The third-order valence-corrected chi connectivity index (χ3v) is 3.29. The molecule has 0 saturated heterocycles. The van der Waals surface area contributed by atoms with Crippen LogP contribution in [0.15, 0.2) is 18.2 Å². The van der Waals surface area contributed by atoms with Gasteiger partial charge in [-0.3, -0.25) is 25.2 Å².